The molecule has 0 saturated carbocycles. The van der Waals surface area contributed by atoms with Crippen LogP contribution < -0.4 is 0 Å². The smallest absolute Gasteiger partial charge is 0.336 e. The predicted octanol–water partition coefficient (Wildman–Crippen LogP) is -0.339. The molecule has 98 valence electrons. The van der Waals surface area contributed by atoms with Crippen LogP contribution in [0.2, 0.25) is 0 Å². The van der Waals surface area contributed by atoms with Gasteiger partial charge in [-0.1, -0.05) is 0 Å². The first-order chi connectivity index (χ1) is 7.94. The zero-order valence-electron chi connectivity index (χ0n) is 10.0. The molecular weight excluding hydrogens is 226 g/mol. The van der Waals surface area contributed by atoms with Crippen LogP contribution >= 0.6 is 0 Å². The van der Waals surface area contributed by atoms with Crippen molar-refractivity contribution >= 4 is 5.97 Å². The van der Waals surface area contributed by atoms with Crippen molar-refractivity contribution < 1.29 is 24.5 Å². The van der Waals surface area contributed by atoms with Gasteiger partial charge in [-0.3, -0.25) is 4.90 Å². The van der Waals surface area contributed by atoms with Gasteiger partial charge in [0, 0.05) is 32.5 Å². The molecule has 2 saturated heterocycles. The lowest BCUT2D eigenvalue weighted by atomic mass is 10.0. The second-order valence-corrected chi connectivity index (χ2v) is 4.96. The third kappa shape index (κ3) is 2.77. The number of carboxylic acids is 1. The standard InChI is InChI=1S/C11H19NO5/c1-10(15,9(13)14)8-12-4-2-11(3-5-12)16-6-7-17-11/h15H,2-8H2,1H3,(H,13,14). The van der Waals surface area contributed by atoms with Crippen molar-refractivity contribution in [1.29, 1.82) is 0 Å². The van der Waals surface area contributed by atoms with Crippen LogP contribution in [-0.2, 0) is 14.3 Å². The van der Waals surface area contributed by atoms with Gasteiger partial charge in [0.15, 0.2) is 11.4 Å². The van der Waals surface area contributed by atoms with Crippen LogP contribution in [0.25, 0.3) is 0 Å². The summed E-state index contributed by atoms with van der Waals surface area (Å²) in [5, 5.41) is 18.5. The van der Waals surface area contributed by atoms with E-state index in [0.29, 0.717) is 26.3 Å². The van der Waals surface area contributed by atoms with Gasteiger partial charge in [0.25, 0.3) is 0 Å². The average molecular weight is 245 g/mol. The van der Waals surface area contributed by atoms with Gasteiger partial charge in [0.05, 0.1) is 13.2 Å². The van der Waals surface area contributed by atoms with E-state index in [1.54, 1.807) is 0 Å². The van der Waals surface area contributed by atoms with E-state index in [0.717, 1.165) is 12.8 Å². The number of piperidine rings is 1. The summed E-state index contributed by atoms with van der Waals surface area (Å²) in [6.07, 6.45) is 1.45. The second-order valence-electron chi connectivity index (χ2n) is 4.96. The zero-order valence-corrected chi connectivity index (χ0v) is 10.0. The molecule has 0 radical (unpaired) electrons. The van der Waals surface area contributed by atoms with Gasteiger partial charge in [0.1, 0.15) is 0 Å². The van der Waals surface area contributed by atoms with Crippen molar-refractivity contribution in [2.24, 2.45) is 0 Å². The Kier molecular flexibility index (Phi) is 3.40. The first-order valence-corrected chi connectivity index (χ1v) is 5.90. The third-order valence-corrected chi connectivity index (χ3v) is 3.42. The number of nitrogens with zero attached hydrogens (tertiary/aromatic N) is 1. The third-order valence-electron chi connectivity index (χ3n) is 3.42. The van der Waals surface area contributed by atoms with Crippen molar-refractivity contribution in [1.82, 2.24) is 4.90 Å². The molecule has 6 nitrogen and oxygen atoms in total. The first-order valence-electron chi connectivity index (χ1n) is 5.90. The van der Waals surface area contributed by atoms with Gasteiger partial charge < -0.3 is 19.7 Å². The molecule has 0 aromatic rings. The Balaban J connectivity index is 1.85. The van der Waals surface area contributed by atoms with Crippen molar-refractivity contribution in [2.75, 3.05) is 32.8 Å². The highest BCUT2D eigenvalue weighted by Crippen LogP contribution is 2.31. The average Bonchev–Trinajstić information content (AvgIpc) is 2.70. The molecule has 2 N–H and O–H groups in total. The minimum absolute atomic E-state index is 0.137. The topological polar surface area (TPSA) is 79.2 Å². The van der Waals surface area contributed by atoms with E-state index in [9.17, 15) is 9.90 Å². The highest BCUT2D eigenvalue weighted by atomic mass is 16.7. The van der Waals surface area contributed by atoms with E-state index in [-0.39, 0.29) is 6.54 Å². The summed E-state index contributed by atoms with van der Waals surface area (Å²) < 4.78 is 11.2. The molecular formula is C11H19NO5. The fourth-order valence-corrected chi connectivity index (χ4v) is 2.34. The summed E-state index contributed by atoms with van der Waals surface area (Å²) in [6, 6.07) is 0. The van der Waals surface area contributed by atoms with Gasteiger partial charge in [-0.05, 0) is 6.92 Å². The summed E-state index contributed by atoms with van der Waals surface area (Å²) in [7, 11) is 0. The van der Waals surface area contributed by atoms with Crippen LogP contribution in [-0.4, -0.2) is 65.3 Å². The summed E-state index contributed by atoms with van der Waals surface area (Å²) in [6.45, 7) is 4.09. The molecule has 1 unspecified atom stereocenters. The lowest BCUT2D eigenvalue weighted by Crippen LogP contribution is -2.52. The van der Waals surface area contributed by atoms with E-state index in [2.05, 4.69) is 0 Å². The SMILES string of the molecule is CC(O)(CN1CCC2(CC1)OCCO2)C(=O)O. The van der Waals surface area contributed by atoms with Gasteiger partial charge in [-0.25, -0.2) is 4.79 Å². The highest BCUT2D eigenvalue weighted by Gasteiger charge is 2.41. The Morgan fingerprint density at radius 2 is 1.88 bits per heavy atom. The Bertz CT molecular complexity index is 288. The maximum atomic E-state index is 10.8. The molecule has 0 aromatic heterocycles. The lowest BCUT2D eigenvalue weighted by Gasteiger charge is -2.39. The summed E-state index contributed by atoms with van der Waals surface area (Å²) in [4.78, 5) is 12.8. The predicted molar refractivity (Wildman–Crippen MR) is 58.6 cm³/mol. The summed E-state index contributed by atoms with van der Waals surface area (Å²) in [5.74, 6) is -1.64. The molecule has 2 heterocycles. The number of carboxylic acid groups (broad SMARTS) is 1. The van der Waals surface area contributed by atoms with E-state index >= 15 is 0 Å². The summed E-state index contributed by atoms with van der Waals surface area (Å²) >= 11 is 0. The number of β-amino-alcohol motifs (C(OH)–C–C–N with tert-alkyl or cyclic N) is 1. The molecule has 17 heavy (non-hydrogen) atoms. The number of aliphatic carboxylic acids is 1. The van der Waals surface area contributed by atoms with E-state index < -0.39 is 17.4 Å². The number of aliphatic hydroxyl groups is 1. The molecule has 6 heteroatoms. The molecule has 1 spiro atoms. The largest absolute Gasteiger partial charge is 0.479 e. The van der Waals surface area contributed by atoms with Crippen LogP contribution in [0.3, 0.4) is 0 Å². The molecule has 1 atom stereocenters. The Morgan fingerprint density at radius 3 is 2.35 bits per heavy atom. The number of hydrogen-bond donors (Lipinski definition) is 2. The number of likely N-dealkylation sites (tertiary alicyclic amines) is 1. The monoisotopic (exact) mass is 245 g/mol. The van der Waals surface area contributed by atoms with Crippen molar-refractivity contribution in [3.05, 3.63) is 0 Å². The fraction of sp³-hybridized carbons (Fsp3) is 0.909. The molecule has 0 amide bonds. The Hall–Kier alpha value is -0.690. The van der Waals surface area contributed by atoms with Crippen molar-refractivity contribution in [3.63, 3.8) is 0 Å². The van der Waals surface area contributed by atoms with E-state index in [1.165, 1.54) is 6.92 Å². The minimum Gasteiger partial charge on any atom is -0.479 e. The van der Waals surface area contributed by atoms with E-state index in [1.807, 2.05) is 4.90 Å². The van der Waals surface area contributed by atoms with Crippen LogP contribution in [0.4, 0.5) is 0 Å². The lowest BCUT2D eigenvalue weighted by molar-refractivity contribution is -0.189. The maximum Gasteiger partial charge on any atom is 0.336 e. The molecule has 0 aliphatic carbocycles. The van der Waals surface area contributed by atoms with Crippen LogP contribution in [0, 0.1) is 0 Å². The van der Waals surface area contributed by atoms with Gasteiger partial charge in [-0.15, -0.1) is 0 Å². The van der Waals surface area contributed by atoms with Gasteiger partial charge in [0.2, 0.25) is 0 Å². The molecule has 2 aliphatic heterocycles. The number of carbonyl (C=O) groups is 1. The maximum absolute atomic E-state index is 10.8. The van der Waals surface area contributed by atoms with Gasteiger partial charge >= 0.3 is 5.97 Å². The molecule has 0 bridgehead atoms. The van der Waals surface area contributed by atoms with Crippen molar-refractivity contribution in [2.45, 2.75) is 31.2 Å². The Morgan fingerprint density at radius 1 is 1.35 bits per heavy atom. The van der Waals surface area contributed by atoms with Crippen molar-refractivity contribution in [3.8, 4) is 0 Å². The highest BCUT2D eigenvalue weighted by molar-refractivity contribution is 5.76. The molecule has 0 aromatic carbocycles. The Labute approximate surface area is 100 Å². The normalized spacial score (nSPS) is 28.1. The minimum atomic E-state index is -1.69. The summed E-state index contributed by atoms with van der Waals surface area (Å²) in [5.41, 5.74) is -1.69. The van der Waals surface area contributed by atoms with Crippen LogP contribution in [0.5, 0.6) is 0 Å². The van der Waals surface area contributed by atoms with Gasteiger partial charge in [-0.2, -0.15) is 0 Å². The van der Waals surface area contributed by atoms with Crippen LogP contribution in [0.1, 0.15) is 19.8 Å². The van der Waals surface area contributed by atoms with Crippen LogP contribution in [0.15, 0.2) is 0 Å². The fourth-order valence-electron chi connectivity index (χ4n) is 2.34. The molecule has 2 rings (SSSR count). The number of ether oxygens (including phenoxy) is 2. The number of rotatable bonds is 3. The second kappa shape index (κ2) is 4.53. The molecule has 2 fully saturated rings. The molecule has 2 aliphatic rings. The van der Waals surface area contributed by atoms with E-state index in [4.69, 9.17) is 14.6 Å². The quantitative estimate of drug-likeness (QED) is 0.708. The number of hydrogen-bond acceptors (Lipinski definition) is 5. The first kappa shape index (κ1) is 12.8. The zero-order chi connectivity index (χ0) is 12.5.